The molecule has 2 heteroatoms. The number of carbonyl (C=O) groups excluding carboxylic acids is 2. The van der Waals surface area contributed by atoms with E-state index in [1.807, 2.05) is 13.0 Å². The quantitative estimate of drug-likeness (QED) is 0.638. The molecule has 1 atom stereocenters. The summed E-state index contributed by atoms with van der Waals surface area (Å²) in [5.41, 5.74) is 3.80. The number of benzene rings is 1. The summed E-state index contributed by atoms with van der Waals surface area (Å²) in [6.07, 6.45) is 4.22. The highest BCUT2D eigenvalue weighted by atomic mass is 16.1. The minimum atomic E-state index is -0.0506. The van der Waals surface area contributed by atoms with E-state index in [4.69, 9.17) is 6.58 Å². The summed E-state index contributed by atoms with van der Waals surface area (Å²) in [7, 11) is 0. The molecule has 0 saturated carbocycles. The molecular weight excluding hydrogens is 260 g/mol. The van der Waals surface area contributed by atoms with Crippen molar-refractivity contribution in [2.75, 3.05) is 0 Å². The minimum absolute atomic E-state index is 0.0506. The molecule has 0 N–H and O–H groups in total. The molecule has 1 aromatic rings. The molecule has 2 nitrogen and oxygen atoms in total. The first-order valence-electron chi connectivity index (χ1n) is 7.58. The van der Waals surface area contributed by atoms with Crippen molar-refractivity contribution < 1.29 is 9.59 Å². The molecule has 0 amide bonds. The van der Waals surface area contributed by atoms with Crippen LogP contribution in [0, 0.1) is 26.3 Å². The van der Waals surface area contributed by atoms with E-state index >= 15 is 0 Å². The van der Waals surface area contributed by atoms with Gasteiger partial charge in [0.25, 0.3) is 0 Å². The van der Waals surface area contributed by atoms with Gasteiger partial charge in [-0.25, -0.2) is 0 Å². The Kier molecular flexibility index (Phi) is 7.07. The third-order valence-corrected chi connectivity index (χ3v) is 4.04. The summed E-state index contributed by atoms with van der Waals surface area (Å²) < 4.78 is 0. The van der Waals surface area contributed by atoms with Crippen LogP contribution in [0.1, 0.15) is 49.3 Å². The Morgan fingerprint density at radius 2 is 1.95 bits per heavy atom. The van der Waals surface area contributed by atoms with E-state index in [0.29, 0.717) is 19.3 Å². The Balaban J connectivity index is 2.36. The van der Waals surface area contributed by atoms with Crippen molar-refractivity contribution in [2.24, 2.45) is 5.92 Å². The van der Waals surface area contributed by atoms with Gasteiger partial charge >= 0.3 is 0 Å². The lowest BCUT2D eigenvalue weighted by Crippen LogP contribution is -2.07. The molecule has 1 rings (SSSR count). The van der Waals surface area contributed by atoms with Crippen LogP contribution < -0.4 is 0 Å². The Morgan fingerprint density at radius 3 is 2.62 bits per heavy atom. The predicted molar refractivity (Wildman–Crippen MR) is 86.1 cm³/mol. The fourth-order valence-corrected chi connectivity index (χ4v) is 2.40. The van der Waals surface area contributed by atoms with Crippen molar-refractivity contribution in [3.8, 4) is 0 Å². The topological polar surface area (TPSA) is 34.1 Å². The first-order chi connectivity index (χ1) is 9.93. The monoisotopic (exact) mass is 285 g/mol. The Bertz CT molecular complexity index is 514. The molecule has 0 heterocycles. The van der Waals surface area contributed by atoms with Crippen molar-refractivity contribution in [3.05, 3.63) is 47.5 Å². The van der Waals surface area contributed by atoms with Crippen LogP contribution in [0.5, 0.6) is 0 Å². The average Bonchev–Trinajstić information content (AvgIpc) is 2.46. The third-order valence-electron chi connectivity index (χ3n) is 4.04. The van der Waals surface area contributed by atoms with Crippen LogP contribution in [0.3, 0.4) is 0 Å². The van der Waals surface area contributed by atoms with Crippen molar-refractivity contribution in [3.63, 3.8) is 0 Å². The fraction of sp³-hybridized carbons (Fsp3) is 0.474. The van der Waals surface area contributed by atoms with Gasteiger partial charge in [0.05, 0.1) is 0 Å². The third kappa shape index (κ3) is 6.07. The molecule has 0 aromatic heterocycles. The second kappa shape index (κ2) is 8.56. The number of hydrogen-bond donors (Lipinski definition) is 0. The number of carbonyl (C=O) groups is 2. The lowest BCUT2D eigenvalue weighted by atomic mass is 9.94. The zero-order valence-electron chi connectivity index (χ0n) is 13.3. The lowest BCUT2D eigenvalue weighted by Gasteiger charge is -2.10. The van der Waals surface area contributed by atoms with Crippen molar-refractivity contribution in [2.45, 2.75) is 52.9 Å². The van der Waals surface area contributed by atoms with Gasteiger partial charge in [0, 0.05) is 19.3 Å². The van der Waals surface area contributed by atoms with Crippen LogP contribution in [0.2, 0.25) is 0 Å². The van der Waals surface area contributed by atoms with Crippen molar-refractivity contribution in [1.29, 1.82) is 0 Å². The largest absolute Gasteiger partial charge is 0.300 e. The van der Waals surface area contributed by atoms with Crippen LogP contribution in [0.4, 0.5) is 0 Å². The number of rotatable bonds is 9. The molecule has 0 aliphatic heterocycles. The van der Waals surface area contributed by atoms with Crippen LogP contribution in [0.15, 0.2) is 24.3 Å². The average molecular weight is 285 g/mol. The standard InChI is InChI=1S/C19H25O2/c1-5-18(20)13-14(2)9-11-19(21)12-10-17-8-6-7-15(3)16(17)4/h1,5-8,14H,9-13H2,2-4H3. The van der Waals surface area contributed by atoms with Gasteiger partial charge in [-0.3, -0.25) is 9.59 Å². The molecule has 0 spiro atoms. The molecule has 0 bridgehead atoms. The van der Waals surface area contributed by atoms with E-state index in [0.717, 1.165) is 18.9 Å². The predicted octanol–water partition coefficient (Wildman–Crippen LogP) is 4.17. The van der Waals surface area contributed by atoms with Gasteiger partial charge in [-0.2, -0.15) is 0 Å². The van der Waals surface area contributed by atoms with Gasteiger partial charge in [0.1, 0.15) is 5.78 Å². The number of ketones is 2. The Hall–Kier alpha value is -1.70. The second-order valence-electron chi connectivity index (χ2n) is 5.88. The van der Waals surface area contributed by atoms with Crippen LogP contribution in [-0.4, -0.2) is 11.6 Å². The van der Waals surface area contributed by atoms with E-state index in [1.54, 1.807) is 0 Å². The van der Waals surface area contributed by atoms with Gasteiger partial charge in [-0.1, -0.05) is 31.7 Å². The molecule has 1 radical (unpaired) electrons. The molecule has 0 aliphatic carbocycles. The smallest absolute Gasteiger partial charge is 0.155 e. The van der Waals surface area contributed by atoms with Gasteiger partial charge < -0.3 is 0 Å². The normalized spacial score (nSPS) is 12.0. The highest BCUT2D eigenvalue weighted by Gasteiger charge is 2.10. The summed E-state index contributed by atoms with van der Waals surface area (Å²) >= 11 is 0. The Labute approximate surface area is 128 Å². The first-order valence-corrected chi connectivity index (χ1v) is 7.58. The maximum absolute atomic E-state index is 12.0. The second-order valence-corrected chi connectivity index (χ2v) is 5.88. The molecule has 0 saturated heterocycles. The number of aryl methyl sites for hydroxylation is 2. The van der Waals surface area contributed by atoms with E-state index in [2.05, 4.69) is 26.0 Å². The molecule has 21 heavy (non-hydrogen) atoms. The number of Topliss-reactive ketones (excluding diaryl/α,β-unsaturated/α-hetero) is 1. The van der Waals surface area contributed by atoms with E-state index in [1.165, 1.54) is 16.7 Å². The number of hydrogen-bond acceptors (Lipinski definition) is 2. The first kappa shape index (κ1) is 17.4. The van der Waals surface area contributed by atoms with Crippen LogP contribution >= 0.6 is 0 Å². The van der Waals surface area contributed by atoms with Crippen LogP contribution in [-0.2, 0) is 16.0 Å². The zero-order chi connectivity index (χ0) is 15.8. The van der Waals surface area contributed by atoms with Crippen molar-refractivity contribution >= 4 is 11.6 Å². The van der Waals surface area contributed by atoms with E-state index in [9.17, 15) is 9.59 Å². The highest BCUT2D eigenvalue weighted by molar-refractivity contribution is 5.88. The molecule has 1 aromatic carbocycles. The summed E-state index contributed by atoms with van der Waals surface area (Å²) in [6.45, 7) is 11.4. The molecule has 0 fully saturated rings. The zero-order valence-corrected chi connectivity index (χ0v) is 13.3. The van der Waals surface area contributed by atoms with E-state index in [-0.39, 0.29) is 17.5 Å². The van der Waals surface area contributed by atoms with Gasteiger partial charge in [0.15, 0.2) is 5.78 Å². The fourth-order valence-electron chi connectivity index (χ4n) is 2.40. The van der Waals surface area contributed by atoms with E-state index < -0.39 is 0 Å². The van der Waals surface area contributed by atoms with Gasteiger partial charge in [0.2, 0.25) is 0 Å². The molecule has 0 aliphatic rings. The van der Waals surface area contributed by atoms with Gasteiger partial charge in [-0.15, -0.1) is 0 Å². The summed E-state index contributed by atoms with van der Waals surface area (Å²) in [4.78, 5) is 23.1. The molecular formula is C19H25O2. The minimum Gasteiger partial charge on any atom is -0.300 e. The maximum atomic E-state index is 12.0. The summed E-state index contributed by atoms with van der Waals surface area (Å²) in [5.74, 6) is 0.430. The Morgan fingerprint density at radius 1 is 1.24 bits per heavy atom. The SMILES string of the molecule is [CH]=CC(=O)CC(C)CCC(=O)CCc1cccc(C)c1C. The van der Waals surface area contributed by atoms with Crippen LogP contribution in [0.25, 0.3) is 0 Å². The maximum Gasteiger partial charge on any atom is 0.155 e. The molecule has 1 unspecified atom stereocenters. The van der Waals surface area contributed by atoms with Crippen molar-refractivity contribution in [1.82, 2.24) is 0 Å². The number of allylic oxidation sites excluding steroid dienone is 1. The summed E-state index contributed by atoms with van der Waals surface area (Å²) in [5, 5.41) is 0. The highest BCUT2D eigenvalue weighted by Crippen LogP contribution is 2.16. The summed E-state index contributed by atoms with van der Waals surface area (Å²) in [6, 6.07) is 6.22. The van der Waals surface area contributed by atoms with Gasteiger partial charge in [-0.05, 0) is 55.4 Å². The lowest BCUT2D eigenvalue weighted by molar-refractivity contribution is -0.120. The molecule has 113 valence electrons.